The maximum atomic E-state index is 6.32. The van der Waals surface area contributed by atoms with Crippen LogP contribution in [0, 0.1) is 11.8 Å². The van der Waals surface area contributed by atoms with Crippen LogP contribution in [0.2, 0.25) is 5.15 Å². The number of unbranched alkanes of at least 4 members (excludes halogenated alkanes) is 2. The first-order valence-corrected chi connectivity index (χ1v) is 10.3. The molecule has 26 heavy (non-hydrogen) atoms. The maximum absolute atomic E-state index is 6.32. The lowest BCUT2D eigenvalue weighted by Crippen LogP contribution is -2.26. The van der Waals surface area contributed by atoms with Crippen molar-refractivity contribution >= 4 is 34.5 Å². The molecule has 4 heterocycles. The first-order valence-electron chi connectivity index (χ1n) is 8.84. The van der Waals surface area contributed by atoms with Gasteiger partial charge in [-0.2, -0.15) is 0 Å². The van der Waals surface area contributed by atoms with Gasteiger partial charge in [-0.15, -0.1) is 11.8 Å². The SMILES string of the molecule is CCCCC#Cc1nc(Cl)c2ncn([C@@H]3SC[C@H]4OC(C)(C)O[C@@H]34)c2n1. The number of imidazole rings is 1. The number of thioether (sulfide) groups is 1. The molecule has 0 radical (unpaired) electrons. The van der Waals surface area contributed by atoms with Gasteiger partial charge in [-0.05, 0) is 26.2 Å². The van der Waals surface area contributed by atoms with Crippen molar-refractivity contribution in [2.75, 3.05) is 5.75 Å². The Hall–Kier alpha value is -1.33. The van der Waals surface area contributed by atoms with Gasteiger partial charge in [0.1, 0.15) is 17.0 Å². The van der Waals surface area contributed by atoms with Crippen LogP contribution in [0.3, 0.4) is 0 Å². The van der Waals surface area contributed by atoms with Gasteiger partial charge in [0.25, 0.3) is 0 Å². The molecule has 2 aromatic rings. The molecule has 0 N–H and O–H groups in total. The Kier molecular flexibility index (Phi) is 4.86. The van der Waals surface area contributed by atoms with Gasteiger partial charge in [0, 0.05) is 12.2 Å². The summed E-state index contributed by atoms with van der Waals surface area (Å²) in [6.45, 7) is 6.03. The zero-order valence-electron chi connectivity index (χ0n) is 15.0. The van der Waals surface area contributed by atoms with Crippen LogP contribution in [0.25, 0.3) is 11.2 Å². The minimum Gasteiger partial charge on any atom is -0.344 e. The van der Waals surface area contributed by atoms with E-state index in [4.69, 9.17) is 21.1 Å². The Morgan fingerprint density at radius 3 is 3.04 bits per heavy atom. The third kappa shape index (κ3) is 3.31. The molecule has 6 nitrogen and oxygen atoms in total. The van der Waals surface area contributed by atoms with Crippen molar-refractivity contribution in [3.63, 3.8) is 0 Å². The smallest absolute Gasteiger partial charge is 0.208 e. The summed E-state index contributed by atoms with van der Waals surface area (Å²) in [5, 5.41) is 0.371. The molecular formula is C18H21ClN4O2S. The molecule has 2 saturated heterocycles. The molecule has 0 unspecified atom stereocenters. The van der Waals surface area contributed by atoms with E-state index in [0.717, 1.165) is 25.0 Å². The van der Waals surface area contributed by atoms with Gasteiger partial charge in [0.2, 0.25) is 5.82 Å². The molecule has 2 aromatic heterocycles. The van der Waals surface area contributed by atoms with Crippen molar-refractivity contribution in [1.82, 2.24) is 19.5 Å². The number of halogens is 1. The van der Waals surface area contributed by atoms with Crippen molar-refractivity contribution < 1.29 is 9.47 Å². The highest BCUT2D eigenvalue weighted by Crippen LogP contribution is 2.47. The molecule has 0 amide bonds. The number of hydrogen-bond donors (Lipinski definition) is 0. The highest BCUT2D eigenvalue weighted by Gasteiger charge is 2.50. The van der Waals surface area contributed by atoms with E-state index < -0.39 is 5.79 Å². The molecule has 138 valence electrons. The van der Waals surface area contributed by atoms with E-state index in [2.05, 4.69) is 33.7 Å². The molecule has 0 spiro atoms. The fourth-order valence-electron chi connectivity index (χ4n) is 3.29. The lowest BCUT2D eigenvalue weighted by Gasteiger charge is -2.22. The van der Waals surface area contributed by atoms with Crippen molar-refractivity contribution in [3.05, 3.63) is 17.3 Å². The minimum absolute atomic E-state index is 0.0404. The summed E-state index contributed by atoms with van der Waals surface area (Å²) >= 11 is 8.10. The third-order valence-corrected chi connectivity index (χ3v) is 6.06. The summed E-state index contributed by atoms with van der Waals surface area (Å²) in [6, 6.07) is 0. The molecular weight excluding hydrogens is 372 g/mol. The number of hydrogen-bond acceptors (Lipinski definition) is 6. The lowest BCUT2D eigenvalue weighted by molar-refractivity contribution is -0.146. The second kappa shape index (κ2) is 7.01. The molecule has 0 bridgehead atoms. The number of aromatic nitrogens is 4. The van der Waals surface area contributed by atoms with Gasteiger partial charge < -0.3 is 9.47 Å². The van der Waals surface area contributed by atoms with E-state index in [1.807, 2.05) is 18.4 Å². The average Bonchev–Trinajstić information content (AvgIpc) is 3.23. The predicted octanol–water partition coefficient (Wildman–Crippen LogP) is 3.79. The first-order chi connectivity index (χ1) is 12.5. The number of fused-ring (bicyclic) bond motifs is 2. The summed E-state index contributed by atoms with van der Waals surface area (Å²) in [5.41, 5.74) is 1.28. The molecule has 0 saturated carbocycles. The molecule has 3 atom stereocenters. The maximum Gasteiger partial charge on any atom is 0.208 e. The lowest BCUT2D eigenvalue weighted by atomic mass is 10.2. The quantitative estimate of drug-likeness (QED) is 0.450. The molecule has 0 aromatic carbocycles. The molecule has 0 aliphatic carbocycles. The number of rotatable bonds is 3. The summed E-state index contributed by atoms with van der Waals surface area (Å²) in [6.07, 6.45) is 4.80. The topological polar surface area (TPSA) is 62.1 Å². The van der Waals surface area contributed by atoms with Crippen LogP contribution in [0.4, 0.5) is 0 Å². The Morgan fingerprint density at radius 2 is 2.23 bits per heavy atom. The van der Waals surface area contributed by atoms with E-state index in [-0.39, 0.29) is 17.6 Å². The van der Waals surface area contributed by atoms with Gasteiger partial charge in [-0.25, -0.2) is 15.0 Å². The van der Waals surface area contributed by atoms with E-state index in [0.29, 0.717) is 22.1 Å². The molecule has 2 aliphatic heterocycles. The van der Waals surface area contributed by atoms with Crippen LogP contribution in [-0.4, -0.2) is 43.3 Å². The first kappa shape index (κ1) is 18.1. The normalized spacial score (nSPS) is 26.7. The van der Waals surface area contributed by atoms with Gasteiger partial charge in [-0.1, -0.05) is 30.9 Å². The third-order valence-electron chi connectivity index (χ3n) is 4.44. The van der Waals surface area contributed by atoms with E-state index in [9.17, 15) is 0 Å². The van der Waals surface area contributed by atoms with Crippen molar-refractivity contribution in [2.45, 2.75) is 63.4 Å². The van der Waals surface area contributed by atoms with Crippen LogP contribution in [-0.2, 0) is 9.47 Å². The Bertz CT molecular complexity index is 888. The molecule has 2 fully saturated rings. The van der Waals surface area contributed by atoms with Crippen LogP contribution in [0.5, 0.6) is 0 Å². The standard InChI is InChI=1S/C18H21ClN4O2S/c1-4-5-6-7-8-12-21-15(19)13-16(22-12)23(10-20-13)17-14-11(9-26-17)24-18(2,3)25-14/h10-11,14,17H,4-6,9H2,1-3H3/t11-,14-,17-/m1/s1. The predicted molar refractivity (Wildman–Crippen MR) is 102 cm³/mol. The molecule has 4 rings (SSSR count). The van der Waals surface area contributed by atoms with Crippen LogP contribution in [0.1, 0.15) is 51.2 Å². The second-order valence-electron chi connectivity index (χ2n) is 6.93. The minimum atomic E-state index is -0.562. The van der Waals surface area contributed by atoms with Crippen LogP contribution in [0.15, 0.2) is 6.33 Å². The Morgan fingerprint density at radius 1 is 1.38 bits per heavy atom. The van der Waals surface area contributed by atoms with E-state index >= 15 is 0 Å². The summed E-state index contributed by atoms with van der Waals surface area (Å²) in [5.74, 6) is 6.88. The van der Waals surface area contributed by atoms with Gasteiger partial charge in [-0.3, -0.25) is 4.57 Å². The number of nitrogens with zero attached hydrogens (tertiary/aromatic N) is 4. The molecule has 2 aliphatic rings. The largest absolute Gasteiger partial charge is 0.344 e. The van der Waals surface area contributed by atoms with E-state index in [1.165, 1.54) is 0 Å². The summed E-state index contributed by atoms with van der Waals surface area (Å²) in [7, 11) is 0. The highest BCUT2D eigenvalue weighted by atomic mass is 35.5. The zero-order valence-corrected chi connectivity index (χ0v) is 16.6. The Balaban J connectivity index is 1.67. The average molecular weight is 393 g/mol. The van der Waals surface area contributed by atoms with Crippen molar-refractivity contribution in [2.24, 2.45) is 0 Å². The van der Waals surface area contributed by atoms with Gasteiger partial charge in [0.15, 0.2) is 16.6 Å². The number of ether oxygens (including phenoxy) is 2. The van der Waals surface area contributed by atoms with Crippen LogP contribution >= 0.6 is 23.4 Å². The van der Waals surface area contributed by atoms with Gasteiger partial charge >= 0.3 is 0 Å². The highest BCUT2D eigenvalue weighted by molar-refractivity contribution is 7.99. The fourth-order valence-corrected chi connectivity index (χ4v) is 4.88. The zero-order chi connectivity index (χ0) is 18.3. The fraction of sp³-hybridized carbons (Fsp3) is 0.611. The van der Waals surface area contributed by atoms with Crippen LogP contribution < -0.4 is 0 Å². The Labute approximate surface area is 162 Å². The van der Waals surface area contributed by atoms with Crippen molar-refractivity contribution in [3.8, 4) is 11.8 Å². The second-order valence-corrected chi connectivity index (χ2v) is 8.44. The van der Waals surface area contributed by atoms with Crippen molar-refractivity contribution in [1.29, 1.82) is 0 Å². The van der Waals surface area contributed by atoms with E-state index in [1.54, 1.807) is 18.1 Å². The monoisotopic (exact) mass is 392 g/mol. The molecule has 8 heteroatoms. The summed E-state index contributed by atoms with van der Waals surface area (Å²) in [4.78, 5) is 13.3. The summed E-state index contributed by atoms with van der Waals surface area (Å²) < 4.78 is 14.1. The van der Waals surface area contributed by atoms with Gasteiger partial charge in [0.05, 0.1) is 12.4 Å².